The zero-order chi connectivity index (χ0) is 20.4. The Hall–Kier alpha value is -0.860. The second-order valence-corrected chi connectivity index (χ2v) is 8.07. The molecule has 2 aromatic carbocycles. The molecule has 1 unspecified atom stereocenters. The number of halogens is 4. The van der Waals surface area contributed by atoms with Gasteiger partial charge in [0.25, 0.3) is 0 Å². The van der Waals surface area contributed by atoms with Gasteiger partial charge in [-0.25, -0.2) is 8.78 Å². The van der Waals surface area contributed by atoms with Crippen LogP contribution in [0, 0.1) is 11.6 Å². The van der Waals surface area contributed by atoms with E-state index in [0.717, 1.165) is 41.5 Å². The molecular weight excluding hydrogens is 498 g/mol. The molecule has 2 aromatic rings. The van der Waals surface area contributed by atoms with E-state index in [9.17, 15) is 8.78 Å². The highest BCUT2D eigenvalue weighted by atomic mass is 79.9. The van der Waals surface area contributed by atoms with E-state index in [1.54, 1.807) is 12.1 Å². The van der Waals surface area contributed by atoms with Crippen molar-refractivity contribution in [3.63, 3.8) is 0 Å². The van der Waals surface area contributed by atoms with Crippen LogP contribution in [-0.2, 0) is 22.3 Å². The summed E-state index contributed by atoms with van der Waals surface area (Å²) in [5, 5.41) is 8.60. The Morgan fingerprint density at radius 1 is 0.964 bits per heavy atom. The Morgan fingerprint density at radius 3 is 2.07 bits per heavy atom. The molecule has 1 aliphatic heterocycles. The summed E-state index contributed by atoms with van der Waals surface area (Å²) in [6.45, 7) is 1.49. The van der Waals surface area contributed by atoms with Crippen LogP contribution in [0.5, 0.6) is 0 Å². The number of ether oxygens (including phenoxy) is 2. The summed E-state index contributed by atoms with van der Waals surface area (Å²) < 4.78 is 38.0. The summed E-state index contributed by atoms with van der Waals surface area (Å²) in [4.78, 5) is 0. The molecule has 0 saturated carbocycles. The summed E-state index contributed by atoms with van der Waals surface area (Å²) in [6.07, 6.45) is 4.54. The van der Waals surface area contributed by atoms with Gasteiger partial charge in [-0.1, -0.05) is 44.0 Å². The van der Waals surface area contributed by atoms with Crippen LogP contribution in [0.15, 0.2) is 45.3 Å². The van der Waals surface area contributed by atoms with Gasteiger partial charge in [0.05, 0.1) is 6.61 Å². The minimum absolute atomic E-state index is 0.0528. The van der Waals surface area contributed by atoms with E-state index in [1.165, 1.54) is 30.7 Å². The molecule has 0 bridgehead atoms. The van der Waals surface area contributed by atoms with E-state index in [0.29, 0.717) is 17.5 Å². The maximum Gasteiger partial charge on any atom is 0.157 e. The normalized spacial score (nSPS) is 16.4. The van der Waals surface area contributed by atoms with Crippen molar-refractivity contribution in [1.82, 2.24) is 0 Å². The topological polar surface area (TPSA) is 38.7 Å². The maximum absolute atomic E-state index is 12.9. The van der Waals surface area contributed by atoms with Gasteiger partial charge in [-0.3, -0.25) is 0 Å². The fourth-order valence-electron chi connectivity index (χ4n) is 2.71. The summed E-state index contributed by atoms with van der Waals surface area (Å²) >= 11 is 6.54. The van der Waals surface area contributed by atoms with E-state index in [4.69, 9.17) is 14.6 Å². The molecule has 0 aromatic heterocycles. The van der Waals surface area contributed by atoms with Crippen LogP contribution in [0.2, 0.25) is 0 Å². The molecule has 7 heteroatoms. The molecule has 1 aliphatic rings. The van der Waals surface area contributed by atoms with Crippen LogP contribution in [-0.4, -0.2) is 31.2 Å². The first-order chi connectivity index (χ1) is 13.5. The van der Waals surface area contributed by atoms with E-state index in [-0.39, 0.29) is 24.5 Å². The molecular formula is C21H24Br2F2O3. The Bertz CT molecular complexity index is 738. The van der Waals surface area contributed by atoms with Crippen LogP contribution in [0.25, 0.3) is 0 Å². The molecule has 1 atom stereocenters. The SMILES string of the molecule is Fc1ccc(CCOC2CCCCO2)c(Br)c1.OCCc1ccc(F)cc1Br. The Morgan fingerprint density at radius 2 is 1.57 bits per heavy atom. The van der Waals surface area contributed by atoms with Crippen molar-refractivity contribution in [2.45, 2.75) is 38.4 Å². The second-order valence-electron chi connectivity index (χ2n) is 6.36. The highest BCUT2D eigenvalue weighted by Crippen LogP contribution is 2.20. The number of hydrogen-bond donors (Lipinski definition) is 1. The molecule has 0 amide bonds. The predicted molar refractivity (Wildman–Crippen MR) is 112 cm³/mol. The zero-order valence-corrected chi connectivity index (χ0v) is 18.6. The second kappa shape index (κ2) is 12.6. The van der Waals surface area contributed by atoms with Gasteiger partial charge in [0.15, 0.2) is 6.29 Å². The van der Waals surface area contributed by atoms with Crippen molar-refractivity contribution < 1.29 is 23.4 Å². The fourth-order valence-corrected chi connectivity index (χ4v) is 3.81. The number of hydrogen-bond acceptors (Lipinski definition) is 3. The molecule has 28 heavy (non-hydrogen) atoms. The predicted octanol–water partition coefficient (Wildman–Crippen LogP) is 5.80. The van der Waals surface area contributed by atoms with Gasteiger partial charge < -0.3 is 14.6 Å². The molecule has 0 aliphatic carbocycles. The van der Waals surface area contributed by atoms with E-state index >= 15 is 0 Å². The van der Waals surface area contributed by atoms with Gasteiger partial charge in [0, 0.05) is 22.2 Å². The minimum atomic E-state index is -0.265. The average Bonchev–Trinajstić information content (AvgIpc) is 2.67. The summed E-state index contributed by atoms with van der Waals surface area (Å²) in [5.41, 5.74) is 1.98. The maximum atomic E-state index is 12.9. The zero-order valence-electron chi connectivity index (χ0n) is 15.5. The standard InChI is InChI=1S/C13H16BrFO2.C8H8BrFO/c14-12-9-11(15)5-4-10(12)6-8-17-13-3-1-2-7-16-13;9-8-5-7(10)2-1-6(8)3-4-11/h4-5,9,13H,1-3,6-8H2;1-2,5,11H,3-4H2. The molecule has 1 N–H and O–H groups in total. The first-order valence-electron chi connectivity index (χ1n) is 9.21. The van der Waals surface area contributed by atoms with Crippen molar-refractivity contribution >= 4 is 31.9 Å². The molecule has 3 rings (SSSR count). The quantitative estimate of drug-likeness (QED) is 0.522. The lowest BCUT2D eigenvalue weighted by Crippen LogP contribution is -2.23. The molecule has 0 radical (unpaired) electrons. The number of aliphatic hydroxyl groups is 1. The molecule has 0 spiro atoms. The van der Waals surface area contributed by atoms with Gasteiger partial charge in [0.2, 0.25) is 0 Å². The average molecular weight is 522 g/mol. The molecule has 154 valence electrons. The molecule has 1 heterocycles. The van der Waals surface area contributed by atoms with Gasteiger partial charge in [-0.2, -0.15) is 0 Å². The van der Waals surface area contributed by atoms with E-state index in [2.05, 4.69) is 31.9 Å². The van der Waals surface area contributed by atoms with Crippen molar-refractivity contribution in [3.05, 3.63) is 68.1 Å². The van der Waals surface area contributed by atoms with Gasteiger partial charge in [-0.05, 0) is 67.5 Å². The number of benzene rings is 2. The first kappa shape index (κ1) is 23.4. The molecule has 1 saturated heterocycles. The van der Waals surface area contributed by atoms with Crippen molar-refractivity contribution in [1.29, 1.82) is 0 Å². The van der Waals surface area contributed by atoms with E-state index in [1.807, 2.05) is 0 Å². The van der Waals surface area contributed by atoms with Gasteiger partial charge >= 0.3 is 0 Å². The third-order valence-corrected chi connectivity index (χ3v) is 5.70. The van der Waals surface area contributed by atoms with Crippen LogP contribution in [0.1, 0.15) is 30.4 Å². The first-order valence-corrected chi connectivity index (χ1v) is 10.8. The van der Waals surface area contributed by atoms with Crippen molar-refractivity contribution in [2.75, 3.05) is 19.8 Å². The monoisotopic (exact) mass is 520 g/mol. The lowest BCUT2D eigenvalue weighted by molar-refractivity contribution is -0.161. The number of aliphatic hydroxyl groups excluding tert-OH is 1. The third-order valence-electron chi connectivity index (χ3n) is 4.22. The molecule has 1 fully saturated rings. The van der Waals surface area contributed by atoms with Crippen LogP contribution < -0.4 is 0 Å². The summed E-state index contributed by atoms with van der Waals surface area (Å²) in [6, 6.07) is 9.17. The van der Waals surface area contributed by atoms with E-state index < -0.39 is 0 Å². The molecule has 3 nitrogen and oxygen atoms in total. The highest BCUT2D eigenvalue weighted by molar-refractivity contribution is 9.10. The Kier molecular flexibility index (Phi) is 10.6. The van der Waals surface area contributed by atoms with Crippen LogP contribution in [0.4, 0.5) is 8.78 Å². The van der Waals surface area contributed by atoms with Gasteiger partial charge in [-0.15, -0.1) is 0 Å². The Labute approximate surface area is 181 Å². The van der Waals surface area contributed by atoms with Crippen molar-refractivity contribution in [2.24, 2.45) is 0 Å². The lowest BCUT2D eigenvalue weighted by Gasteiger charge is -2.22. The third kappa shape index (κ3) is 8.25. The summed E-state index contributed by atoms with van der Waals surface area (Å²) in [5.74, 6) is -0.490. The lowest BCUT2D eigenvalue weighted by atomic mass is 10.1. The minimum Gasteiger partial charge on any atom is -0.396 e. The smallest absolute Gasteiger partial charge is 0.157 e. The highest BCUT2D eigenvalue weighted by Gasteiger charge is 2.13. The van der Waals surface area contributed by atoms with Crippen molar-refractivity contribution in [3.8, 4) is 0 Å². The fraction of sp³-hybridized carbons (Fsp3) is 0.429. The van der Waals surface area contributed by atoms with Crippen LogP contribution >= 0.6 is 31.9 Å². The summed E-state index contributed by atoms with van der Waals surface area (Å²) in [7, 11) is 0. The van der Waals surface area contributed by atoms with Crippen LogP contribution in [0.3, 0.4) is 0 Å². The number of rotatable bonds is 6. The van der Waals surface area contributed by atoms with Gasteiger partial charge in [0.1, 0.15) is 11.6 Å². The Balaban J connectivity index is 0.000000221. The largest absolute Gasteiger partial charge is 0.396 e.